The molecule has 86 valence electrons. The van der Waals surface area contributed by atoms with E-state index in [4.69, 9.17) is 9.84 Å². The normalized spacial score (nSPS) is 40.5. The van der Waals surface area contributed by atoms with Crippen LogP contribution in [0.1, 0.15) is 26.2 Å². The summed E-state index contributed by atoms with van der Waals surface area (Å²) >= 11 is 0. The molecule has 2 fully saturated rings. The smallest absolute Gasteiger partial charge is 0.308 e. The number of nitrogens with zero attached hydrogens (tertiary/aromatic N) is 1. The molecule has 0 radical (unpaired) electrons. The van der Waals surface area contributed by atoms with Gasteiger partial charge in [0.15, 0.2) is 0 Å². The Morgan fingerprint density at radius 3 is 2.47 bits per heavy atom. The van der Waals surface area contributed by atoms with Crippen LogP contribution in [-0.2, 0) is 9.53 Å². The maximum Gasteiger partial charge on any atom is 0.308 e. The van der Waals surface area contributed by atoms with Crippen LogP contribution in [0.4, 0.5) is 0 Å². The average molecular weight is 213 g/mol. The van der Waals surface area contributed by atoms with Crippen LogP contribution < -0.4 is 0 Å². The van der Waals surface area contributed by atoms with Gasteiger partial charge in [-0.25, -0.2) is 0 Å². The Hall–Kier alpha value is -0.610. The van der Waals surface area contributed by atoms with E-state index in [1.807, 2.05) is 7.05 Å². The molecular weight excluding hydrogens is 194 g/mol. The van der Waals surface area contributed by atoms with Crippen LogP contribution in [0.25, 0.3) is 0 Å². The third-order valence-electron chi connectivity index (χ3n) is 3.94. The lowest BCUT2D eigenvalue weighted by Crippen LogP contribution is -2.53. The van der Waals surface area contributed by atoms with Crippen molar-refractivity contribution in [1.29, 1.82) is 0 Å². The summed E-state index contributed by atoms with van der Waals surface area (Å²) in [5.41, 5.74) is 0. The summed E-state index contributed by atoms with van der Waals surface area (Å²) in [5, 5.41) is 9.00. The van der Waals surface area contributed by atoms with Crippen molar-refractivity contribution in [2.45, 2.75) is 44.4 Å². The summed E-state index contributed by atoms with van der Waals surface area (Å²) < 4.78 is 5.51. The molecule has 4 unspecified atom stereocenters. The maximum absolute atomic E-state index is 10.9. The highest BCUT2D eigenvalue weighted by molar-refractivity contribution is 5.72. The number of carboxylic acid groups (broad SMARTS) is 1. The molecular formula is C11H19NO3. The Kier molecular flexibility index (Phi) is 2.98. The molecule has 4 heteroatoms. The van der Waals surface area contributed by atoms with Crippen LogP contribution >= 0.6 is 0 Å². The molecule has 2 aliphatic rings. The number of hydrogen-bond donors (Lipinski definition) is 1. The second-order valence-corrected chi connectivity index (χ2v) is 4.69. The molecule has 1 saturated carbocycles. The van der Waals surface area contributed by atoms with Crippen molar-refractivity contribution in [3.05, 3.63) is 0 Å². The Morgan fingerprint density at radius 2 is 2.07 bits per heavy atom. The zero-order valence-electron chi connectivity index (χ0n) is 9.35. The molecule has 1 saturated heterocycles. The highest BCUT2D eigenvalue weighted by atomic mass is 16.5. The highest BCUT2D eigenvalue weighted by Gasteiger charge is 2.43. The van der Waals surface area contributed by atoms with E-state index in [1.165, 1.54) is 0 Å². The number of aliphatic carboxylic acids is 1. The lowest BCUT2D eigenvalue weighted by atomic mass is 9.78. The minimum absolute atomic E-state index is 0.164. The predicted molar refractivity (Wildman–Crippen MR) is 55.7 cm³/mol. The summed E-state index contributed by atoms with van der Waals surface area (Å²) in [4.78, 5) is 13.2. The Bertz CT molecular complexity index is 256. The summed E-state index contributed by atoms with van der Waals surface area (Å²) in [6.07, 6.45) is 3.11. The van der Waals surface area contributed by atoms with E-state index in [0.29, 0.717) is 6.04 Å². The molecule has 2 rings (SSSR count). The minimum atomic E-state index is -0.648. The van der Waals surface area contributed by atoms with E-state index >= 15 is 0 Å². The van der Waals surface area contributed by atoms with E-state index in [2.05, 4.69) is 11.8 Å². The maximum atomic E-state index is 10.9. The predicted octanol–water partition coefficient (Wildman–Crippen LogP) is 0.959. The fourth-order valence-corrected chi connectivity index (χ4v) is 2.76. The molecule has 1 N–H and O–H groups in total. The molecule has 1 heterocycles. The monoisotopic (exact) mass is 213 g/mol. The zero-order chi connectivity index (χ0) is 11.0. The molecule has 0 bridgehead atoms. The van der Waals surface area contributed by atoms with Gasteiger partial charge in [-0.1, -0.05) is 0 Å². The van der Waals surface area contributed by atoms with Gasteiger partial charge in [0.2, 0.25) is 0 Å². The SMILES string of the molecule is CC1OCCC1N(C)C1CCC1C(=O)O. The van der Waals surface area contributed by atoms with Crippen molar-refractivity contribution in [2.75, 3.05) is 13.7 Å². The molecule has 1 aliphatic heterocycles. The van der Waals surface area contributed by atoms with Gasteiger partial charge in [-0.15, -0.1) is 0 Å². The summed E-state index contributed by atoms with van der Waals surface area (Å²) in [6.45, 7) is 2.88. The van der Waals surface area contributed by atoms with Crippen LogP contribution in [0.2, 0.25) is 0 Å². The van der Waals surface area contributed by atoms with Crippen molar-refractivity contribution in [3.8, 4) is 0 Å². The van der Waals surface area contributed by atoms with Gasteiger partial charge in [0.1, 0.15) is 0 Å². The van der Waals surface area contributed by atoms with Gasteiger partial charge in [0.25, 0.3) is 0 Å². The van der Waals surface area contributed by atoms with E-state index in [0.717, 1.165) is 25.9 Å². The van der Waals surface area contributed by atoms with Gasteiger partial charge in [0, 0.05) is 18.7 Å². The number of ether oxygens (including phenoxy) is 1. The van der Waals surface area contributed by atoms with Gasteiger partial charge in [0.05, 0.1) is 12.0 Å². The lowest BCUT2D eigenvalue weighted by molar-refractivity contribution is -0.149. The van der Waals surface area contributed by atoms with Gasteiger partial charge in [-0.2, -0.15) is 0 Å². The first-order valence-corrected chi connectivity index (χ1v) is 5.67. The molecule has 0 spiro atoms. The molecule has 15 heavy (non-hydrogen) atoms. The second kappa shape index (κ2) is 4.10. The number of likely N-dealkylation sites (N-methyl/N-ethyl adjacent to an activating group) is 1. The number of carbonyl (C=O) groups is 1. The number of hydrogen-bond acceptors (Lipinski definition) is 3. The first-order valence-electron chi connectivity index (χ1n) is 5.67. The van der Waals surface area contributed by atoms with Gasteiger partial charge in [-0.3, -0.25) is 9.69 Å². The molecule has 0 aromatic carbocycles. The molecule has 0 amide bonds. The number of carboxylic acids is 1. The van der Waals surface area contributed by atoms with Gasteiger partial charge >= 0.3 is 5.97 Å². The Labute approximate surface area is 90.2 Å². The molecule has 4 nitrogen and oxygen atoms in total. The Morgan fingerprint density at radius 1 is 1.33 bits per heavy atom. The van der Waals surface area contributed by atoms with Crippen LogP contribution in [-0.4, -0.2) is 47.8 Å². The highest BCUT2D eigenvalue weighted by Crippen LogP contribution is 2.34. The summed E-state index contributed by atoms with van der Waals surface area (Å²) in [7, 11) is 2.04. The third kappa shape index (κ3) is 1.88. The largest absolute Gasteiger partial charge is 0.481 e. The first-order chi connectivity index (χ1) is 7.11. The number of rotatable bonds is 3. The Balaban J connectivity index is 1.95. The minimum Gasteiger partial charge on any atom is -0.481 e. The molecule has 1 aliphatic carbocycles. The molecule has 0 aromatic rings. The first kappa shape index (κ1) is 10.9. The average Bonchev–Trinajstić information content (AvgIpc) is 2.47. The zero-order valence-corrected chi connectivity index (χ0v) is 9.35. The van der Waals surface area contributed by atoms with Crippen LogP contribution in [0.5, 0.6) is 0 Å². The van der Waals surface area contributed by atoms with Crippen LogP contribution in [0.3, 0.4) is 0 Å². The molecule has 0 aromatic heterocycles. The second-order valence-electron chi connectivity index (χ2n) is 4.69. The van der Waals surface area contributed by atoms with Crippen molar-refractivity contribution >= 4 is 5.97 Å². The fourth-order valence-electron chi connectivity index (χ4n) is 2.76. The van der Waals surface area contributed by atoms with Crippen molar-refractivity contribution < 1.29 is 14.6 Å². The van der Waals surface area contributed by atoms with Crippen LogP contribution in [0.15, 0.2) is 0 Å². The summed E-state index contributed by atoms with van der Waals surface area (Å²) in [6, 6.07) is 0.619. The van der Waals surface area contributed by atoms with E-state index in [-0.39, 0.29) is 18.1 Å². The van der Waals surface area contributed by atoms with E-state index in [9.17, 15) is 4.79 Å². The van der Waals surface area contributed by atoms with Gasteiger partial charge in [-0.05, 0) is 33.2 Å². The van der Waals surface area contributed by atoms with Crippen molar-refractivity contribution in [3.63, 3.8) is 0 Å². The van der Waals surface area contributed by atoms with E-state index in [1.54, 1.807) is 0 Å². The topological polar surface area (TPSA) is 49.8 Å². The molecule has 4 atom stereocenters. The standard InChI is InChI=1S/C11H19NO3/c1-7-9(5-6-15-7)12(2)10-4-3-8(10)11(13)14/h7-10H,3-6H2,1-2H3,(H,13,14). The third-order valence-corrected chi connectivity index (χ3v) is 3.94. The van der Waals surface area contributed by atoms with Crippen LogP contribution in [0, 0.1) is 5.92 Å². The van der Waals surface area contributed by atoms with E-state index < -0.39 is 5.97 Å². The van der Waals surface area contributed by atoms with Crippen molar-refractivity contribution in [2.24, 2.45) is 5.92 Å². The quantitative estimate of drug-likeness (QED) is 0.758. The summed E-state index contributed by atoms with van der Waals surface area (Å²) in [5.74, 6) is -0.813. The fraction of sp³-hybridized carbons (Fsp3) is 0.909. The lowest BCUT2D eigenvalue weighted by Gasteiger charge is -2.43. The van der Waals surface area contributed by atoms with Gasteiger partial charge < -0.3 is 9.84 Å². The van der Waals surface area contributed by atoms with Crippen molar-refractivity contribution in [1.82, 2.24) is 4.90 Å².